The highest BCUT2D eigenvalue weighted by Crippen LogP contribution is 2.45. The van der Waals surface area contributed by atoms with Gasteiger partial charge >= 0.3 is 39.5 Å². The molecule has 0 amide bonds. The summed E-state index contributed by atoms with van der Waals surface area (Å²) in [5.74, 6) is -0.537. The standard InChI is InChI=1S/C80H156O17P2/c1-7-10-12-14-16-18-19-20-21-22-23-24-25-28-32-35-39-46-52-58-64-79(84)96-75(69-91-78(83)63-57-51-45-38-34-31-29-26-27-30-33-37-42-48-54-60-72(4)5)70-94-98(86,87)92-66-74(81)67-93-99(88,89)95-71-76(68-90-77(82)62-56-50-44-36-17-15-13-11-8-2)97-80(85)65-59-53-47-41-40-43-49-55-61-73(6)9-3/h72-76,81H,7-71H2,1-6H3,(H,86,87)(H,88,89)/t73?,74-,75-,76-/m1/s1. The summed E-state index contributed by atoms with van der Waals surface area (Å²) in [5.41, 5.74) is 0. The SMILES string of the molecule is CCCCCCCCCCCCCCCCCCCCCCC(=O)O[C@H](COC(=O)CCCCCCCCCCCCCCCCCC(C)C)COP(=O)(O)OC[C@@H](O)COP(=O)(O)OC[C@@H](COC(=O)CCCCCCCCCCC)OC(=O)CCCCCCCCCCC(C)CC. The maximum absolute atomic E-state index is 13.1. The van der Waals surface area contributed by atoms with Gasteiger partial charge in [-0.15, -0.1) is 0 Å². The molecule has 0 heterocycles. The van der Waals surface area contributed by atoms with Gasteiger partial charge < -0.3 is 33.8 Å². The Morgan fingerprint density at radius 2 is 0.515 bits per heavy atom. The van der Waals surface area contributed by atoms with Crippen LogP contribution in [-0.4, -0.2) is 96.7 Å². The Balaban J connectivity index is 5.21. The van der Waals surface area contributed by atoms with Crippen molar-refractivity contribution >= 4 is 39.5 Å². The van der Waals surface area contributed by atoms with E-state index in [-0.39, 0.29) is 25.7 Å². The maximum Gasteiger partial charge on any atom is 0.472 e. The molecule has 0 aromatic heterocycles. The third-order valence-electron chi connectivity index (χ3n) is 19.1. The van der Waals surface area contributed by atoms with Crippen LogP contribution in [0.3, 0.4) is 0 Å². The highest BCUT2D eigenvalue weighted by atomic mass is 31.2. The molecule has 0 rings (SSSR count). The van der Waals surface area contributed by atoms with Crippen molar-refractivity contribution in [2.45, 2.75) is 439 Å². The number of esters is 4. The molecule has 0 fully saturated rings. The molecule has 3 unspecified atom stereocenters. The van der Waals surface area contributed by atoms with Crippen molar-refractivity contribution in [2.24, 2.45) is 11.8 Å². The number of phosphoric ester groups is 2. The zero-order chi connectivity index (χ0) is 72.8. The lowest BCUT2D eigenvalue weighted by Gasteiger charge is -2.21. The predicted molar refractivity (Wildman–Crippen MR) is 405 cm³/mol. The fourth-order valence-electron chi connectivity index (χ4n) is 12.3. The Bertz CT molecular complexity index is 1910. The van der Waals surface area contributed by atoms with E-state index in [9.17, 15) is 43.2 Å². The number of aliphatic hydroxyl groups excluding tert-OH is 1. The average Bonchev–Trinajstić information content (AvgIpc) is 1.38. The lowest BCUT2D eigenvalue weighted by molar-refractivity contribution is -0.161. The number of hydrogen-bond acceptors (Lipinski definition) is 15. The zero-order valence-corrected chi connectivity index (χ0v) is 66.6. The lowest BCUT2D eigenvalue weighted by Crippen LogP contribution is -2.30. The van der Waals surface area contributed by atoms with Crippen LogP contribution in [0.4, 0.5) is 0 Å². The number of rotatable bonds is 79. The number of aliphatic hydroxyl groups is 1. The number of unbranched alkanes of at least 4 members (excludes halogenated alkanes) is 48. The summed E-state index contributed by atoms with van der Waals surface area (Å²) < 4.78 is 68.6. The molecule has 0 aliphatic carbocycles. The van der Waals surface area contributed by atoms with Crippen molar-refractivity contribution < 1.29 is 80.2 Å². The van der Waals surface area contributed by atoms with Crippen LogP contribution in [0.25, 0.3) is 0 Å². The summed E-state index contributed by atoms with van der Waals surface area (Å²) in [6.07, 6.45) is 61.1. The van der Waals surface area contributed by atoms with Gasteiger partial charge in [0.25, 0.3) is 0 Å². The van der Waals surface area contributed by atoms with Crippen molar-refractivity contribution in [2.75, 3.05) is 39.6 Å². The molecule has 0 saturated carbocycles. The van der Waals surface area contributed by atoms with E-state index in [2.05, 4.69) is 41.5 Å². The molecule has 0 aromatic carbocycles. The highest BCUT2D eigenvalue weighted by molar-refractivity contribution is 7.47. The summed E-state index contributed by atoms with van der Waals surface area (Å²) >= 11 is 0. The summed E-state index contributed by atoms with van der Waals surface area (Å²) in [7, 11) is -9.91. The molecule has 19 heteroatoms. The first-order valence-corrected chi connectivity index (χ1v) is 44.5. The molecule has 0 aromatic rings. The van der Waals surface area contributed by atoms with Crippen molar-refractivity contribution in [3.63, 3.8) is 0 Å². The normalized spacial score (nSPS) is 14.2. The third-order valence-corrected chi connectivity index (χ3v) is 21.0. The molecule has 3 N–H and O–H groups in total. The summed E-state index contributed by atoms with van der Waals surface area (Å²) in [6, 6.07) is 0. The third kappa shape index (κ3) is 72.8. The Morgan fingerprint density at radius 3 is 0.768 bits per heavy atom. The van der Waals surface area contributed by atoms with Crippen LogP contribution in [0.2, 0.25) is 0 Å². The molecule has 0 aliphatic heterocycles. The summed E-state index contributed by atoms with van der Waals surface area (Å²) in [6.45, 7) is 9.63. The second kappa shape index (κ2) is 71.7. The van der Waals surface area contributed by atoms with E-state index in [0.717, 1.165) is 102 Å². The van der Waals surface area contributed by atoms with Crippen molar-refractivity contribution in [3.05, 3.63) is 0 Å². The predicted octanol–water partition coefficient (Wildman–Crippen LogP) is 23.9. The number of hydrogen-bond donors (Lipinski definition) is 3. The fourth-order valence-corrected chi connectivity index (χ4v) is 13.9. The second-order valence-electron chi connectivity index (χ2n) is 29.5. The number of phosphoric acid groups is 2. The van der Waals surface area contributed by atoms with Gasteiger partial charge in [0.2, 0.25) is 0 Å². The molecular weight excluding hydrogens is 1290 g/mol. The van der Waals surface area contributed by atoms with Crippen LogP contribution in [0.5, 0.6) is 0 Å². The van der Waals surface area contributed by atoms with Gasteiger partial charge in [-0.3, -0.25) is 37.3 Å². The molecule has 0 aliphatic rings. The van der Waals surface area contributed by atoms with Gasteiger partial charge in [-0.1, -0.05) is 369 Å². The molecule has 0 radical (unpaired) electrons. The minimum Gasteiger partial charge on any atom is -0.462 e. The minimum absolute atomic E-state index is 0.105. The summed E-state index contributed by atoms with van der Waals surface area (Å²) in [5, 5.41) is 10.6. The van der Waals surface area contributed by atoms with Crippen molar-refractivity contribution in [1.29, 1.82) is 0 Å². The Hall–Kier alpha value is -1.94. The molecule has 588 valence electrons. The van der Waals surface area contributed by atoms with E-state index in [0.29, 0.717) is 25.7 Å². The monoisotopic (exact) mass is 1450 g/mol. The smallest absolute Gasteiger partial charge is 0.462 e. The van der Waals surface area contributed by atoms with Crippen LogP contribution < -0.4 is 0 Å². The first-order valence-electron chi connectivity index (χ1n) is 41.5. The molecule has 0 spiro atoms. The van der Waals surface area contributed by atoms with Gasteiger partial charge in [0, 0.05) is 25.7 Å². The maximum atomic E-state index is 13.1. The van der Waals surface area contributed by atoms with Gasteiger partial charge in [-0.25, -0.2) is 9.13 Å². The topological polar surface area (TPSA) is 237 Å². The second-order valence-corrected chi connectivity index (χ2v) is 32.4. The van der Waals surface area contributed by atoms with Gasteiger partial charge in [-0.2, -0.15) is 0 Å². The van der Waals surface area contributed by atoms with E-state index < -0.39 is 97.5 Å². The largest absolute Gasteiger partial charge is 0.472 e. The minimum atomic E-state index is -4.96. The van der Waals surface area contributed by atoms with Crippen LogP contribution in [-0.2, 0) is 65.4 Å². The summed E-state index contributed by atoms with van der Waals surface area (Å²) in [4.78, 5) is 72.9. The molecular formula is C80H156O17P2. The van der Waals surface area contributed by atoms with Crippen LogP contribution in [0.1, 0.15) is 420 Å². The fraction of sp³-hybridized carbons (Fsp3) is 0.950. The molecule has 6 atom stereocenters. The van der Waals surface area contributed by atoms with E-state index in [4.69, 9.17) is 37.0 Å². The van der Waals surface area contributed by atoms with Crippen LogP contribution in [0, 0.1) is 11.8 Å². The Morgan fingerprint density at radius 1 is 0.293 bits per heavy atom. The zero-order valence-electron chi connectivity index (χ0n) is 64.8. The quantitative estimate of drug-likeness (QED) is 0.0222. The van der Waals surface area contributed by atoms with Gasteiger partial charge in [-0.05, 0) is 37.5 Å². The van der Waals surface area contributed by atoms with E-state index in [1.165, 1.54) is 238 Å². The van der Waals surface area contributed by atoms with E-state index >= 15 is 0 Å². The van der Waals surface area contributed by atoms with Crippen molar-refractivity contribution in [1.82, 2.24) is 0 Å². The van der Waals surface area contributed by atoms with Crippen LogP contribution >= 0.6 is 15.6 Å². The highest BCUT2D eigenvalue weighted by Gasteiger charge is 2.30. The lowest BCUT2D eigenvalue weighted by atomic mass is 9.99. The van der Waals surface area contributed by atoms with E-state index in [1.807, 2.05) is 0 Å². The van der Waals surface area contributed by atoms with Gasteiger partial charge in [0.15, 0.2) is 12.2 Å². The average molecular weight is 1450 g/mol. The van der Waals surface area contributed by atoms with Crippen molar-refractivity contribution in [3.8, 4) is 0 Å². The number of carbonyl (C=O) groups is 4. The molecule has 0 saturated heterocycles. The van der Waals surface area contributed by atoms with Crippen LogP contribution in [0.15, 0.2) is 0 Å². The molecule has 0 bridgehead atoms. The van der Waals surface area contributed by atoms with Gasteiger partial charge in [0.1, 0.15) is 19.3 Å². The Kier molecular flexibility index (Phi) is 70.3. The van der Waals surface area contributed by atoms with E-state index in [1.54, 1.807) is 0 Å². The molecule has 17 nitrogen and oxygen atoms in total. The number of ether oxygens (including phenoxy) is 4. The number of carbonyl (C=O) groups excluding carboxylic acids is 4. The first-order chi connectivity index (χ1) is 47.9. The van der Waals surface area contributed by atoms with Gasteiger partial charge in [0.05, 0.1) is 26.4 Å². The molecule has 99 heavy (non-hydrogen) atoms. The Labute approximate surface area is 607 Å². The first kappa shape index (κ1) is 97.1.